The second-order valence-electron chi connectivity index (χ2n) is 6.87. The minimum absolute atomic E-state index is 0.0746. The van der Waals surface area contributed by atoms with Crippen LogP contribution in [-0.4, -0.2) is 31.3 Å². The van der Waals surface area contributed by atoms with Gasteiger partial charge >= 0.3 is 5.97 Å². The first-order valence-electron chi connectivity index (χ1n) is 7.19. The number of carbonyl (C=O) groups is 1. The first-order chi connectivity index (χ1) is 9.16. The maximum atomic E-state index is 11.8. The summed E-state index contributed by atoms with van der Waals surface area (Å²) >= 11 is 0. The van der Waals surface area contributed by atoms with E-state index in [2.05, 4.69) is 43.2 Å². The van der Waals surface area contributed by atoms with Gasteiger partial charge in [-0.25, -0.2) is 9.48 Å². The number of carboxylic acid groups (broad SMARTS) is 1. The fourth-order valence-electron chi connectivity index (χ4n) is 3.46. The van der Waals surface area contributed by atoms with Crippen molar-refractivity contribution in [2.45, 2.75) is 65.8 Å². The molecular weight excluding hydrogens is 256 g/mol. The third-order valence-electron chi connectivity index (χ3n) is 5.75. The molecule has 6 nitrogen and oxygen atoms in total. The Hall–Kier alpha value is -1.46. The highest BCUT2D eigenvalue weighted by Gasteiger charge is 2.68. The van der Waals surface area contributed by atoms with Gasteiger partial charge in [0.05, 0.1) is 0 Å². The van der Waals surface area contributed by atoms with Crippen LogP contribution in [0.2, 0.25) is 0 Å². The van der Waals surface area contributed by atoms with E-state index >= 15 is 0 Å². The van der Waals surface area contributed by atoms with Crippen LogP contribution in [0.5, 0.6) is 0 Å². The average molecular weight is 280 g/mol. The monoisotopic (exact) mass is 280 g/mol. The van der Waals surface area contributed by atoms with E-state index in [1.165, 1.54) is 0 Å². The largest absolute Gasteiger partial charge is 0.479 e. The van der Waals surface area contributed by atoms with Crippen LogP contribution in [0.4, 0.5) is 0 Å². The molecule has 1 saturated carbocycles. The Labute approximate surface area is 119 Å². The van der Waals surface area contributed by atoms with Crippen LogP contribution in [-0.2, 0) is 10.3 Å². The van der Waals surface area contributed by atoms with Crippen LogP contribution in [0, 0.1) is 10.8 Å². The standard InChI is InChI=1S/C14H24N4O2/c1-7-14(8-2,11(19)20)18-10(15-16-17-18)9-12(3,4)13(9,5)6/h9H,7-8H2,1-6H3,(H,19,20). The van der Waals surface area contributed by atoms with Crippen molar-refractivity contribution in [3.05, 3.63) is 5.82 Å². The summed E-state index contributed by atoms with van der Waals surface area (Å²) < 4.78 is 1.55. The van der Waals surface area contributed by atoms with E-state index in [0.29, 0.717) is 18.7 Å². The number of tetrazole rings is 1. The predicted octanol–water partition coefficient (Wildman–Crippen LogP) is 2.42. The van der Waals surface area contributed by atoms with E-state index in [1.54, 1.807) is 4.68 Å². The lowest BCUT2D eigenvalue weighted by molar-refractivity contribution is -0.149. The van der Waals surface area contributed by atoms with E-state index in [4.69, 9.17) is 0 Å². The molecule has 0 bridgehead atoms. The van der Waals surface area contributed by atoms with E-state index in [0.717, 1.165) is 0 Å². The Kier molecular flexibility index (Phi) is 3.19. The summed E-state index contributed by atoms with van der Waals surface area (Å²) in [4.78, 5) is 11.8. The summed E-state index contributed by atoms with van der Waals surface area (Å²) in [5, 5.41) is 21.6. The van der Waals surface area contributed by atoms with Crippen molar-refractivity contribution in [1.29, 1.82) is 0 Å². The molecule has 1 aliphatic carbocycles. The molecule has 0 spiro atoms. The number of carboxylic acids is 1. The van der Waals surface area contributed by atoms with Gasteiger partial charge in [0.25, 0.3) is 0 Å². The lowest BCUT2D eigenvalue weighted by Crippen LogP contribution is -2.43. The number of hydrogen-bond acceptors (Lipinski definition) is 4. The number of hydrogen-bond donors (Lipinski definition) is 1. The highest BCUT2D eigenvalue weighted by molar-refractivity contribution is 5.76. The van der Waals surface area contributed by atoms with Crippen molar-refractivity contribution in [2.75, 3.05) is 0 Å². The molecule has 1 fully saturated rings. The molecule has 1 heterocycles. The van der Waals surface area contributed by atoms with Crippen LogP contribution in [0.3, 0.4) is 0 Å². The van der Waals surface area contributed by atoms with Crippen LogP contribution < -0.4 is 0 Å². The molecule has 20 heavy (non-hydrogen) atoms. The van der Waals surface area contributed by atoms with Crippen molar-refractivity contribution < 1.29 is 9.90 Å². The van der Waals surface area contributed by atoms with E-state index in [-0.39, 0.29) is 16.7 Å². The van der Waals surface area contributed by atoms with Crippen LogP contribution in [0.15, 0.2) is 0 Å². The zero-order valence-corrected chi connectivity index (χ0v) is 13.1. The number of aliphatic carboxylic acids is 1. The molecule has 0 aromatic carbocycles. The van der Waals surface area contributed by atoms with Gasteiger partial charge in [0, 0.05) is 5.92 Å². The van der Waals surface area contributed by atoms with Gasteiger partial charge in [0.2, 0.25) is 0 Å². The lowest BCUT2D eigenvalue weighted by Gasteiger charge is -2.27. The Morgan fingerprint density at radius 2 is 1.75 bits per heavy atom. The van der Waals surface area contributed by atoms with Gasteiger partial charge in [-0.3, -0.25) is 0 Å². The Morgan fingerprint density at radius 3 is 2.10 bits per heavy atom. The first kappa shape index (κ1) is 14.9. The molecule has 6 heteroatoms. The summed E-state index contributed by atoms with van der Waals surface area (Å²) in [6, 6.07) is 0. The van der Waals surface area contributed by atoms with Crippen molar-refractivity contribution in [3.8, 4) is 0 Å². The SMILES string of the molecule is CCC(CC)(C(=O)O)n1nnnc1C1C(C)(C)C1(C)C. The van der Waals surface area contributed by atoms with E-state index in [1.807, 2.05) is 13.8 Å². The van der Waals surface area contributed by atoms with Gasteiger partial charge in [0.15, 0.2) is 11.4 Å². The maximum absolute atomic E-state index is 11.8. The molecule has 1 aliphatic rings. The zero-order valence-electron chi connectivity index (χ0n) is 13.1. The van der Waals surface area contributed by atoms with Crippen molar-refractivity contribution in [1.82, 2.24) is 20.2 Å². The number of rotatable bonds is 5. The number of nitrogens with zero attached hydrogens (tertiary/aromatic N) is 4. The topological polar surface area (TPSA) is 80.9 Å². The molecule has 112 valence electrons. The van der Waals surface area contributed by atoms with Gasteiger partial charge in [0.1, 0.15) is 0 Å². The smallest absolute Gasteiger partial charge is 0.331 e. The van der Waals surface area contributed by atoms with Gasteiger partial charge < -0.3 is 5.11 Å². The third-order valence-corrected chi connectivity index (χ3v) is 5.75. The second kappa shape index (κ2) is 4.27. The summed E-state index contributed by atoms with van der Waals surface area (Å²) in [6.45, 7) is 12.4. The number of aromatic nitrogens is 4. The predicted molar refractivity (Wildman–Crippen MR) is 74.3 cm³/mol. The van der Waals surface area contributed by atoms with Crippen molar-refractivity contribution in [2.24, 2.45) is 10.8 Å². The quantitative estimate of drug-likeness (QED) is 0.895. The van der Waals surface area contributed by atoms with E-state index in [9.17, 15) is 9.90 Å². The molecule has 2 rings (SSSR count). The minimum Gasteiger partial charge on any atom is -0.479 e. The molecule has 1 aromatic rings. The van der Waals surface area contributed by atoms with E-state index < -0.39 is 11.5 Å². The van der Waals surface area contributed by atoms with Crippen LogP contribution >= 0.6 is 0 Å². The molecule has 0 saturated heterocycles. The van der Waals surface area contributed by atoms with Crippen LogP contribution in [0.25, 0.3) is 0 Å². The lowest BCUT2D eigenvalue weighted by atomic mass is 9.92. The maximum Gasteiger partial charge on any atom is 0.331 e. The first-order valence-corrected chi connectivity index (χ1v) is 7.19. The summed E-state index contributed by atoms with van der Waals surface area (Å²) in [6.07, 6.45) is 0.925. The van der Waals surface area contributed by atoms with Gasteiger partial charge in [-0.05, 0) is 34.1 Å². The Balaban J connectivity index is 2.52. The minimum atomic E-state index is -1.05. The molecule has 0 amide bonds. The van der Waals surface area contributed by atoms with Gasteiger partial charge in [-0.15, -0.1) is 5.10 Å². The molecule has 0 aliphatic heterocycles. The third kappa shape index (κ3) is 1.63. The molecule has 0 radical (unpaired) electrons. The summed E-state index contributed by atoms with van der Waals surface area (Å²) in [7, 11) is 0. The normalized spacial score (nSPS) is 20.9. The summed E-state index contributed by atoms with van der Waals surface area (Å²) in [5.41, 5.74) is -0.899. The fourth-order valence-corrected chi connectivity index (χ4v) is 3.46. The molecule has 1 N–H and O–H groups in total. The molecule has 0 atom stereocenters. The Bertz CT molecular complexity index is 515. The highest BCUT2D eigenvalue weighted by atomic mass is 16.4. The van der Waals surface area contributed by atoms with Gasteiger partial charge in [-0.1, -0.05) is 41.5 Å². The van der Waals surface area contributed by atoms with Gasteiger partial charge in [-0.2, -0.15) is 0 Å². The van der Waals surface area contributed by atoms with Crippen LogP contribution in [0.1, 0.15) is 66.1 Å². The van der Waals surface area contributed by atoms with Crippen molar-refractivity contribution in [3.63, 3.8) is 0 Å². The second-order valence-corrected chi connectivity index (χ2v) is 6.87. The zero-order chi connectivity index (χ0) is 15.3. The highest BCUT2D eigenvalue weighted by Crippen LogP contribution is 2.73. The molecular formula is C14H24N4O2. The summed E-state index contributed by atoms with van der Waals surface area (Å²) in [5.74, 6) is 0.0141. The molecule has 1 aromatic heterocycles. The Morgan fingerprint density at radius 1 is 1.25 bits per heavy atom. The molecule has 0 unspecified atom stereocenters. The van der Waals surface area contributed by atoms with Crippen molar-refractivity contribution >= 4 is 5.97 Å². The average Bonchev–Trinajstić information content (AvgIpc) is 2.72. The fraction of sp³-hybridized carbons (Fsp3) is 0.857.